The quantitative estimate of drug-likeness (QED) is 0.207. The fourth-order valence-corrected chi connectivity index (χ4v) is 3.89. The normalized spacial score (nSPS) is 17.2. The molecule has 1 aromatic heterocycles. The summed E-state index contributed by atoms with van der Waals surface area (Å²) in [5.41, 5.74) is -0.686. The number of hydrogen-bond donors (Lipinski definition) is 4. The van der Waals surface area contributed by atoms with E-state index >= 15 is 0 Å². The predicted molar refractivity (Wildman–Crippen MR) is 133 cm³/mol. The molecule has 36 heavy (non-hydrogen) atoms. The molecule has 1 aromatic rings. The summed E-state index contributed by atoms with van der Waals surface area (Å²) in [6, 6.07) is 0.300. The molecule has 1 aliphatic carbocycles. The van der Waals surface area contributed by atoms with Crippen molar-refractivity contribution in [2.24, 2.45) is 16.9 Å². The number of carbonyl (C=O) groups is 2. The van der Waals surface area contributed by atoms with Gasteiger partial charge in [-0.25, -0.2) is 0 Å². The first kappa shape index (κ1) is 27.0. The molecule has 1 atom stereocenters. The van der Waals surface area contributed by atoms with Gasteiger partial charge in [0.05, 0.1) is 29.7 Å². The van der Waals surface area contributed by atoms with Gasteiger partial charge < -0.3 is 21.4 Å². The van der Waals surface area contributed by atoms with Gasteiger partial charge in [0.2, 0.25) is 11.8 Å². The van der Waals surface area contributed by atoms with Gasteiger partial charge >= 0.3 is 0 Å². The first-order chi connectivity index (χ1) is 16.8. The van der Waals surface area contributed by atoms with E-state index in [1.54, 1.807) is 13.8 Å². The van der Waals surface area contributed by atoms with Gasteiger partial charge in [0.15, 0.2) is 0 Å². The second kappa shape index (κ2) is 10.6. The molecular weight excluding hydrogens is 470 g/mol. The molecule has 196 valence electrons. The third kappa shape index (κ3) is 7.22. The van der Waals surface area contributed by atoms with Crippen LogP contribution in [0.25, 0.3) is 0 Å². The average molecular weight is 505 g/mol. The summed E-state index contributed by atoms with van der Waals surface area (Å²) in [5, 5.41) is 21.2. The van der Waals surface area contributed by atoms with E-state index in [0.717, 1.165) is 44.2 Å². The molecule has 0 saturated heterocycles. The van der Waals surface area contributed by atoms with Crippen LogP contribution in [0, 0.1) is 11.3 Å². The van der Waals surface area contributed by atoms with Gasteiger partial charge in [0, 0.05) is 39.1 Å². The van der Waals surface area contributed by atoms with Crippen LogP contribution in [-0.4, -0.2) is 63.6 Å². The SMILES string of the molecule is CN1C=C(CC(NC(=O)C2CC2)C(=O)NC(C)(C)Cn2nc(C(C)(F)F)cc2C(=N)/C=N\N)C=CC1. The zero-order valence-corrected chi connectivity index (χ0v) is 21.0. The van der Waals surface area contributed by atoms with Crippen molar-refractivity contribution in [1.82, 2.24) is 25.3 Å². The number of hydrazone groups is 1. The number of nitrogens with one attached hydrogen (secondary N) is 3. The molecule has 1 saturated carbocycles. The van der Waals surface area contributed by atoms with Crippen LogP contribution in [0.3, 0.4) is 0 Å². The highest BCUT2D eigenvalue weighted by Crippen LogP contribution is 2.29. The van der Waals surface area contributed by atoms with Crippen molar-refractivity contribution in [1.29, 1.82) is 5.41 Å². The van der Waals surface area contributed by atoms with Crippen LogP contribution in [0.1, 0.15) is 51.4 Å². The monoisotopic (exact) mass is 504 g/mol. The Labute approximate surface area is 209 Å². The topological polar surface area (TPSA) is 141 Å². The molecule has 3 rings (SSSR count). The maximum atomic E-state index is 14.0. The van der Waals surface area contributed by atoms with Crippen LogP contribution in [0.15, 0.2) is 35.1 Å². The number of amides is 2. The number of likely N-dealkylation sites (N-methyl/N-ethyl adjacent to an activating group) is 1. The minimum Gasteiger partial charge on any atom is -0.376 e. The smallest absolute Gasteiger partial charge is 0.288 e. The maximum Gasteiger partial charge on any atom is 0.288 e. The second-order valence-electron chi connectivity index (χ2n) is 10.1. The highest BCUT2D eigenvalue weighted by atomic mass is 19.3. The Morgan fingerprint density at radius 3 is 2.64 bits per heavy atom. The highest BCUT2D eigenvalue weighted by Gasteiger charge is 2.35. The summed E-state index contributed by atoms with van der Waals surface area (Å²) in [6.45, 7) is 4.90. The van der Waals surface area contributed by atoms with Crippen LogP contribution in [0.2, 0.25) is 0 Å². The summed E-state index contributed by atoms with van der Waals surface area (Å²) >= 11 is 0. The number of carbonyl (C=O) groups excluding carboxylic acids is 2. The Balaban J connectivity index is 1.80. The molecule has 12 heteroatoms. The lowest BCUT2D eigenvalue weighted by Gasteiger charge is -2.30. The molecule has 10 nitrogen and oxygen atoms in total. The summed E-state index contributed by atoms with van der Waals surface area (Å²) in [4.78, 5) is 27.8. The van der Waals surface area contributed by atoms with Gasteiger partial charge in [-0.2, -0.15) is 19.0 Å². The van der Waals surface area contributed by atoms with E-state index in [2.05, 4.69) is 20.8 Å². The number of alkyl halides is 2. The summed E-state index contributed by atoms with van der Waals surface area (Å²) in [6.07, 6.45) is 8.80. The largest absolute Gasteiger partial charge is 0.376 e. The van der Waals surface area contributed by atoms with Crippen molar-refractivity contribution in [2.75, 3.05) is 13.6 Å². The summed E-state index contributed by atoms with van der Waals surface area (Å²) < 4.78 is 29.2. The molecule has 1 aliphatic heterocycles. The van der Waals surface area contributed by atoms with Crippen LogP contribution in [0.4, 0.5) is 8.78 Å². The molecule has 5 N–H and O–H groups in total. The number of nitrogens with two attached hydrogens (primary N) is 1. The minimum atomic E-state index is -3.22. The van der Waals surface area contributed by atoms with E-state index in [9.17, 15) is 18.4 Å². The summed E-state index contributed by atoms with van der Waals surface area (Å²) in [7, 11) is 1.92. The highest BCUT2D eigenvalue weighted by molar-refractivity contribution is 6.36. The zero-order chi connectivity index (χ0) is 26.7. The maximum absolute atomic E-state index is 14.0. The van der Waals surface area contributed by atoms with Gasteiger partial charge in [0.1, 0.15) is 11.7 Å². The van der Waals surface area contributed by atoms with Crippen molar-refractivity contribution in [3.8, 4) is 0 Å². The molecule has 1 unspecified atom stereocenters. The third-order valence-electron chi connectivity index (χ3n) is 5.85. The number of halogens is 2. The molecule has 0 radical (unpaired) electrons. The molecule has 0 spiro atoms. The van der Waals surface area contributed by atoms with Crippen molar-refractivity contribution >= 4 is 23.7 Å². The molecule has 2 heterocycles. The van der Waals surface area contributed by atoms with Gasteiger partial charge in [-0.05, 0) is 38.3 Å². The van der Waals surface area contributed by atoms with Crippen molar-refractivity contribution in [3.05, 3.63) is 41.4 Å². The van der Waals surface area contributed by atoms with E-state index in [1.165, 1.54) is 4.68 Å². The summed E-state index contributed by atoms with van der Waals surface area (Å²) in [5.74, 6) is 1.29. The molecular formula is C24H34F2N8O2. The number of rotatable bonds is 11. The van der Waals surface area contributed by atoms with Crippen molar-refractivity contribution in [2.45, 2.75) is 64.1 Å². The van der Waals surface area contributed by atoms with Crippen LogP contribution >= 0.6 is 0 Å². The predicted octanol–water partition coefficient (Wildman–Crippen LogP) is 1.87. The third-order valence-corrected chi connectivity index (χ3v) is 5.85. The molecule has 1 fully saturated rings. The van der Waals surface area contributed by atoms with Gasteiger partial charge in [-0.15, -0.1) is 0 Å². The second-order valence-corrected chi connectivity index (χ2v) is 10.1. The Morgan fingerprint density at radius 2 is 2.06 bits per heavy atom. The lowest BCUT2D eigenvalue weighted by molar-refractivity contribution is -0.130. The van der Waals surface area contributed by atoms with Gasteiger partial charge in [0.25, 0.3) is 5.92 Å². The Morgan fingerprint density at radius 1 is 1.36 bits per heavy atom. The molecule has 0 bridgehead atoms. The molecule has 2 aliphatic rings. The van der Waals surface area contributed by atoms with E-state index in [4.69, 9.17) is 11.3 Å². The van der Waals surface area contributed by atoms with Crippen molar-refractivity contribution < 1.29 is 18.4 Å². The van der Waals surface area contributed by atoms with E-state index < -0.39 is 29.1 Å². The van der Waals surface area contributed by atoms with Crippen molar-refractivity contribution in [3.63, 3.8) is 0 Å². The number of aromatic nitrogens is 2. The zero-order valence-electron chi connectivity index (χ0n) is 21.0. The first-order valence-electron chi connectivity index (χ1n) is 11.8. The van der Waals surface area contributed by atoms with Gasteiger partial charge in [-0.1, -0.05) is 12.2 Å². The van der Waals surface area contributed by atoms with Crippen LogP contribution < -0.4 is 16.5 Å². The van der Waals surface area contributed by atoms with Crippen LogP contribution in [-0.2, 0) is 22.1 Å². The number of allylic oxidation sites excluding steroid dienone is 1. The molecule has 0 aromatic carbocycles. The fraction of sp³-hybridized carbons (Fsp3) is 0.542. The number of nitrogens with zero attached hydrogens (tertiary/aromatic N) is 4. The van der Waals surface area contributed by atoms with Crippen LogP contribution in [0.5, 0.6) is 0 Å². The lowest BCUT2D eigenvalue weighted by Crippen LogP contribution is -2.55. The first-order valence-corrected chi connectivity index (χ1v) is 11.8. The average Bonchev–Trinajstić information content (AvgIpc) is 3.52. The lowest BCUT2D eigenvalue weighted by atomic mass is 10.0. The minimum absolute atomic E-state index is 0.0143. The van der Waals surface area contributed by atoms with E-state index in [0.29, 0.717) is 6.42 Å². The van der Waals surface area contributed by atoms with E-state index in [-0.39, 0.29) is 29.8 Å². The Kier molecular flexibility index (Phi) is 7.95. The Hall–Kier alpha value is -3.57. The molecule has 2 amide bonds. The Bertz CT molecular complexity index is 1100. The number of hydrogen-bond acceptors (Lipinski definition) is 7. The van der Waals surface area contributed by atoms with Gasteiger partial charge in [-0.3, -0.25) is 19.7 Å². The van der Waals surface area contributed by atoms with E-state index in [1.807, 2.05) is 30.3 Å². The fourth-order valence-electron chi connectivity index (χ4n) is 3.89. The standard InChI is InChI=1S/C24H34F2N8O2/c1-23(2,14-34-19(17(27)12-29-28)11-20(32-34)24(3,25)26)31-22(36)18(30-21(35)16-7-8-16)10-15-6-5-9-33(4)13-15/h5-6,11-13,16,18,27H,7-10,14,28H2,1-4H3,(H,30,35)(H,31,36)/b27-17?,29-12-.